The van der Waals surface area contributed by atoms with Crippen LogP contribution in [0.4, 0.5) is 0 Å². The molecule has 0 aliphatic carbocycles. The van der Waals surface area contributed by atoms with Crippen LogP contribution in [0.3, 0.4) is 0 Å². The van der Waals surface area contributed by atoms with Crippen LogP contribution in [-0.4, -0.2) is 15.5 Å². The summed E-state index contributed by atoms with van der Waals surface area (Å²) in [6.45, 7) is 3.23. The van der Waals surface area contributed by atoms with Gasteiger partial charge in [0.05, 0.1) is 4.91 Å². The van der Waals surface area contributed by atoms with Crippen molar-refractivity contribution < 1.29 is 8.42 Å². The van der Waals surface area contributed by atoms with E-state index in [2.05, 4.69) is 4.72 Å². The standard InChI is InChI=1S/C5H11NO2S/c1-4-5(2)9(7,8)6-3/h4,6H,1-3H3/b5-4+. The van der Waals surface area contributed by atoms with Gasteiger partial charge < -0.3 is 0 Å². The van der Waals surface area contributed by atoms with Crippen LogP contribution in [0.15, 0.2) is 11.0 Å². The van der Waals surface area contributed by atoms with Crippen molar-refractivity contribution in [2.24, 2.45) is 0 Å². The fraction of sp³-hybridized carbons (Fsp3) is 0.600. The Morgan fingerprint density at radius 2 is 2.00 bits per heavy atom. The van der Waals surface area contributed by atoms with Gasteiger partial charge in [-0.2, -0.15) is 0 Å². The van der Waals surface area contributed by atoms with Crippen molar-refractivity contribution in [3.05, 3.63) is 11.0 Å². The molecule has 0 heterocycles. The zero-order chi connectivity index (χ0) is 7.49. The van der Waals surface area contributed by atoms with Crippen molar-refractivity contribution in [2.45, 2.75) is 13.8 Å². The van der Waals surface area contributed by atoms with Crippen molar-refractivity contribution >= 4 is 10.0 Å². The molecule has 0 unspecified atom stereocenters. The lowest BCUT2D eigenvalue weighted by Gasteiger charge is -1.98. The Balaban J connectivity index is 4.57. The molecule has 0 saturated carbocycles. The molecule has 0 aromatic heterocycles. The summed E-state index contributed by atoms with van der Waals surface area (Å²) in [6.07, 6.45) is 1.55. The zero-order valence-corrected chi connectivity index (χ0v) is 6.62. The van der Waals surface area contributed by atoms with Gasteiger partial charge in [-0.3, -0.25) is 0 Å². The summed E-state index contributed by atoms with van der Waals surface area (Å²) in [5.74, 6) is 0. The van der Waals surface area contributed by atoms with Crippen LogP contribution in [0.5, 0.6) is 0 Å². The minimum absolute atomic E-state index is 0.352. The number of hydrogen-bond acceptors (Lipinski definition) is 2. The van der Waals surface area contributed by atoms with E-state index in [-0.39, 0.29) is 0 Å². The van der Waals surface area contributed by atoms with Gasteiger partial charge in [0.25, 0.3) is 0 Å². The number of nitrogens with one attached hydrogen (secondary N) is 1. The Kier molecular flexibility index (Phi) is 2.87. The molecule has 0 rings (SSSR count). The molecule has 0 fully saturated rings. The predicted molar refractivity (Wildman–Crippen MR) is 37.4 cm³/mol. The van der Waals surface area contributed by atoms with Gasteiger partial charge in [0.15, 0.2) is 0 Å². The number of sulfonamides is 1. The Bertz CT molecular complexity index is 203. The van der Waals surface area contributed by atoms with Gasteiger partial charge in [-0.15, -0.1) is 0 Å². The van der Waals surface area contributed by atoms with Crippen molar-refractivity contribution in [1.82, 2.24) is 4.72 Å². The normalized spacial score (nSPS) is 13.9. The highest BCUT2D eigenvalue weighted by Crippen LogP contribution is 1.99. The van der Waals surface area contributed by atoms with Gasteiger partial charge in [0.2, 0.25) is 10.0 Å². The van der Waals surface area contributed by atoms with Gasteiger partial charge in [-0.05, 0) is 20.9 Å². The Morgan fingerprint density at radius 3 is 2.11 bits per heavy atom. The quantitative estimate of drug-likeness (QED) is 0.620. The molecule has 0 radical (unpaired) electrons. The van der Waals surface area contributed by atoms with Crippen LogP contribution >= 0.6 is 0 Å². The monoisotopic (exact) mass is 149 g/mol. The zero-order valence-electron chi connectivity index (χ0n) is 5.80. The highest BCUT2D eigenvalue weighted by atomic mass is 32.2. The van der Waals surface area contributed by atoms with Gasteiger partial charge in [-0.25, -0.2) is 13.1 Å². The fourth-order valence-electron chi connectivity index (χ4n) is 0.316. The maximum atomic E-state index is 10.8. The summed E-state index contributed by atoms with van der Waals surface area (Å²) in [7, 11) is -1.75. The third-order valence-electron chi connectivity index (χ3n) is 1.10. The highest BCUT2D eigenvalue weighted by Gasteiger charge is 2.06. The van der Waals surface area contributed by atoms with Crippen molar-refractivity contribution in [2.75, 3.05) is 7.05 Å². The summed E-state index contributed by atoms with van der Waals surface area (Å²) in [5, 5.41) is 0. The van der Waals surface area contributed by atoms with Gasteiger partial charge in [0.1, 0.15) is 0 Å². The lowest BCUT2D eigenvalue weighted by atomic mass is 10.6. The van der Waals surface area contributed by atoms with E-state index in [0.717, 1.165) is 0 Å². The van der Waals surface area contributed by atoms with E-state index in [9.17, 15) is 8.42 Å². The molecule has 0 amide bonds. The summed E-state index contributed by atoms with van der Waals surface area (Å²) in [6, 6.07) is 0. The molecular formula is C5H11NO2S. The van der Waals surface area contributed by atoms with Crippen LogP contribution in [0.2, 0.25) is 0 Å². The molecule has 0 saturated heterocycles. The molecule has 3 nitrogen and oxygen atoms in total. The summed E-state index contributed by atoms with van der Waals surface area (Å²) >= 11 is 0. The second-order valence-electron chi connectivity index (χ2n) is 1.61. The lowest BCUT2D eigenvalue weighted by Crippen LogP contribution is -2.18. The largest absolute Gasteiger partial charge is 0.235 e. The van der Waals surface area contributed by atoms with Crippen LogP contribution < -0.4 is 4.72 Å². The highest BCUT2D eigenvalue weighted by molar-refractivity contribution is 7.93. The smallest absolute Gasteiger partial charge is 0.215 e. The molecule has 1 N–H and O–H groups in total. The maximum Gasteiger partial charge on any atom is 0.235 e. The molecule has 4 heteroatoms. The Hall–Kier alpha value is -0.350. The van der Waals surface area contributed by atoms with Crippen LogP contribution in [0, 0.1) is 0 Å². The summed E-state index contributed by atoms with van der Waals surface area (Å²) < 4.78 is 23.7. The van der Waals surface area contributed by atoms with Crippen molar-refractivity contribution in [3.63, 3.8) is 0 Å². The fourth-order valence-corrected chi connectivity index (χ4v) is 0.948. The number of hydrogen-bond donors (Lipinski definition) is 1. The molecule has 54 valence electrons. The SMILES string of the molecule is C/C=C(\C)S(=O)(=O)NC. The third-order valence-corrected chi connectivity index (χ3v) is 2.72. The first kappa shape index (κ1) is 8.65. The second kappa shape index (κ2) is 2.98. The molecule has 0 aromatic carbocycles. The number of allylic oxidation sites excluding steroid dienone is 2. The molecule has 0 aromatic rings. The molecule has 0 spiro atoms. The lowest BCUT2D eigenvalue weighted by molar-refractivity contribution is 0.594. The third kappa shape index (κ3) is 2.15. The van der Waals surface area contributed by atoms with E-state index in [1.807, 2.05) is 0 Å². The summed E-state index contributed by atoms with van der Waals surface area (Å²) in [5.41, 5.74) is 0. The van der Waals surface area contributed by atoms with Crippen molar-refractivity contribution in [1.29, 1.82) is 0 Å². The van der Waals surface area contributed by atoms with Crippen LogP contribution in [0.1, 0.15) is 13.8 Å². The first-order valence-electron chi connectivity index (χ1n) is 2.61. The van der Waals surface area contributed by atoms with E-state index in [1.165, 1.54) is 7.05 Å². The van der Waals surface area contributed by atoms with Gasteiger partial charge in [-0.1, -0.05) is 6.08 Å². The van der Waals surface area contributed by atoms with Crippen LogP contribution in [0.25, 0.3) is 0 Å². The van der Waals surface area contributed by atoms with Crippen LogP contribution in [-0.2, 0) is 10.0 Å². The molecule has 9 heavy (non-hydrogen) atoms. The Morgan fingerprint density at radius 1 is 1.56 bits per heavy atom. The van der Waals surface area contributed by atoms with E-state index < -0.39 is 10.0 Å². The van der Waals surface area contributed by atoms with E-state index in [0.29, 0.717) is 4.91 Å². The topological polar surface area (TPSA) is 46.2 Å². The van der Waals surface area contributed by atoms with E-state index >= 15 is 0 Å². The van der Waals surface area contributed by atoms with Gasteiger partial charge in [0, 0.05) is 0 Å². The summed E-state index contributed by atoms with van der Waals surface area (Å²) in [4.78, 5) is 0.352. The molecule has 0 atom stereocenters. The second-order valence-corrected chi connectivity index (χ2v) is 3.67. The first-order valence-corrected chi connectivity index (χ1v) is 4.09. The van der Waals surface area contributed by atoms with Crippen molar-refractivity contribution in [3.8, 4) is 0 Å². The predicted octanol–water partition coefficient (Wildman–Crippen LogP) is 0.459. The minimum atomic E-state index is -3.14. The number of rotatable bonds is 2. The average Bonchev–Trinajstić information content (AvgIpc) is 1.86. The average molecular weight is 149 g/mol. The molecule has 0 aliphatic heterocycles. The Labute approximate surface area is 55.8 Å². The molecule has 0 aliphatic rings. The minimum Gasteiger partial charge on any atom is -0.215 e. The van der Waals surface area contributed by atoms with E-state index in [1.54, 1.807) is 19.9 Å². The molecular weight excluding hydrogens is 138 g/mol. The molecule has 0 bridgehead atoms. The van der Waals surface area contributed by atoms with Gasteiger partial charge >= 0.3 is 0 Å². The van der Waals surface area contributed by atoms with E-state index in [4.69, 9.17) is 0 Å². The first-order chi connectivity index (χ1) is 4.04. The maximum absolute atomic E-state index is 10.8.